The van der Waals surface area contributed by atoms with Crippen LogP contribution in [0.2, 0.25) is 5.02 Å². The smallest absolute Gasteiger partial charge is 0.343 e. The average molecular weight is 330 g/mol. The van der Waals surface area contributed by atoms with Crippen molar-refractivity contribution in [3.8, 4) is 5.75 Å². The Morgan fingerprint density at radius 2 is 2.18 bits per heavy atom. The number of aryl methyl sites for hydroxylation is 1. The van der Waals surface area contributed by atoms with Crippen LogP contribution in [0.15, 0.2) is 18.2 Å². The molecule has 1 aliphatic rings. The van der Waals surface area contributed by atoms with Gasteiger partial charge in [0.25, 0.3) is 5.91 Å². The highest BCUT2D eigenvalue weighted by Crippen LogP contribution is 2.27. The van der Waals surface area contributed by atoms with Crippen molar-refractivity contribution in [3.63, 3.8) is 0 Å². The van der Waals surface area contributed by atoms with Gasteiger partial charge < -0.3 is 14.7 Å². The van der Waals surface area contributed by atoms with E-state index in [1.807, 2.05) is 6.92 Å². The fourth-order valence-electron chi connectivity index (χ4n) is 2.34. The van der Waals surface area contributed by atoms with Crippen LogP contribution in [0.3, 0.4) is 0 Å². The molecular formula is C15H17ClFNO4. The van der Waals surface area contributed by atoms with Crippen LogP contribution in [0.4, 0.5) is 4.39 Å². The maximum absolute atomic E-state index is 14.0. The van der Waals surface area contributed by atoms with Crippen molar-refractivity contribution < 1.29 is 23.8 Å². The number of carboxylic acid groups (broad SMARTS) is 1. The lowest BCUT2D eigenvalue weighted by Crippen LogP contribution is -2.43. The number of benzene rings is 1. The molecule has 120 valence electrons. The van der Waals surface area contributed by atoms with E-state index in [1.165, 1.54) is 4.90 Å². The van der Waals surface area contributed by atoms with Crippen LogP contribution < -0.4 is 4.74 Å². The first-order valence-electron chi connectivity index (χ1n) is 6.87. The number of carbonyl (C=O) groups excluding carboxylic acids is 1. The molecule has 1 heterocycles. The van der Waals surface area contributed by atoms with E-state index < -0.39 is 30.2 Å². The van der Waals surface area contributed by atoms with Crippen LogP contribution in [0, 0.1) is 6.92 Å². The molecule has 0 spiro atoms. The molecule has 1 saturated heterocycles. The lowest BCUT2D eigenvalue weighted by Gasteiger charge is -2.22. The minimum Gasteiger partial charge on any atom is -0.481 e. The van der Waals surface area contributed by atoms with E-state index in [1.54, 1.807) is 25.1 Å². The molecule has 0 radical (unpaired) electrons. The van der Waals surface area contributed by atoms with E-state index in [9.17, 15) is 14.0 Å². The molecule has 0 bridgehead atoms. The Balaban J connectivity index is 2.01. The van der Waals surface area contributed by atoms with E-state index in [-0.39, 0.29) is 13.0 Å². The summed E-state index contributed by atoms with van der Waals surface area (Å²) in [7, 11) is 0. The first-order chi connectivity index (χ1) is 10.2. The second-order valence-corrected chi connectivity index (χ2v) is 5.86. The lowest BCUT2D eigenvalue weighted by atomic mass is 10.1. The molecule has 2 rings (SSSR count). The highest BCUT2D eigenvalue weighted by atomic mass is 35.5. The molecule has 1 aromatic rings. The number of amides is 1. The molecule has 2 atom stereocenters. The highest BCUT2D eigenvalue weighted by Gasteiger charge is 2.47. The summed E-state index contributed by atoms with van der Waals surface area (Å²) in [5.74, 6) is -1.50. The van der Waals surface area contributed by atoms with Gasteiger partial charge >= 0.3 is 5.97 Å². The van der Waals surface area contributed by atoms with Crippen LogP contribution >= 0.6 is 11.6 Å². The van der Waals surface area contributed by atoms with Crippen molar-refractivity contribution in [2.24, 2.45) is 0 Å². The summed E-state index contributed by atoms with van der Waals surface area (Å²) in [6.45, 7) is 2.97. The van der Waals surface area contributed by atoms with Gasteiger partial charge in [0.15, 0.2) is 6.10 Å². The number of hydrogen-bond donors (Lipinski definition) is 1. The summed E-state index contributed by atoms with van der Waals surface area (Å²) >= 11 is 5.92. The minimum absolute atomic E-state index is 0.0645. The molecule has 2 unspecified atom stereocenters. The summed E-state index contributed by atoms with van der Waals surface area (Å²) in [6.07, 6.45) is -1.04. The topological polar surface area (TPSA) is 66.8 Å². The molecule has 22 heavy (non-hydrogen) atoms. The van der Waals surface area contributed by atoms with Gasteiger partial charge in [-0.1, -0.05) is 11.6 Å². The molecule has 1 aliphatic heterocycles. The summed E-state index contributed by atoms with van der Waals surface area (Å²) in [5, 5.41) is 9.44. The summed E-state index contributed by atoms with van der Waals surface area (Å²) in [5.41, 5.74) is -1.56. The molecule has 0 aliphatic carbocycles. The predicted octanol–water partition coefficient (Wildman–Crippen LogP) is 2.44. The van der Waals surface area contributed by atoms with Gasteiger partial charge in [0.2, 0.25) is 5.67 Å². The molecule has 1 amide bonds. The fraction of sp³-hybridized carbons (Fsp3) is 0.467. The zero-order chi connectivity index (χ0) is 16.5. The predicted molar refractivity (Wildman–Crippen MR) is 79.0 cm³/mol. The summed E-state index contributed by atoms with van der Waals surface area (Å²) in [4.78, 5) is 24.3. The van der Waals surface area contributed by atoms with Crippen LogP contribution in [0.25, 0.3) is 0 Å². The maximum Gasteiger partial charge on any atom is 0.343 e. The Hall–Kier alpha value is -1.82. The maximum atomic E-state index is 14.0. The van der Waals surface area contributed by atoms with Crippen LogP contribution in [-0.2, 0) is 9.59 Å². The van der Waals surface area contributed by atoms with Crippen molar-refractivity contribution in [2.45, 2.75) is 32.0 Å². The largest absolute Gasteiger partial charge is 0.481 e. The van der Waals surface area contributed by atoms with Gasteiger partial charge in [-0.05, 0) is 37.6 Å². The van der Waals surface area contributed by atoms with Gasteiger partial charge in [-0.3, -0.25) is 4.79 Å². The monoisotopic (exact) mass is 329 g/mol. The number of hydrogen-bond acceptors (Lipinski definition) is 3. The number of likely N-dealkylation sites (tertiary alicyclic amines) is 1. The number of rotatable bonds is 4. The normalized spacial score (nSPS) is 22.5. The Morgan fingerprint density at radius 1 is 1.50 bits per heavy atom. The van der Waals surface area contributed by atoms with Crippen molar-refractivity contribution in [3.05, 3.63) is 28.8 Å². The lowest BCUT2D eigenvalue weighted by molar-refractivity contribution is -0.150. The molecule has 7 heteroatoms. The van der Waals surface area contributed by atoms with Crippen molar-refractivity contribution in [2.75, 3.05) is 13.1 Å². The second kappa shape index (κ2) is 6.12. The molecule has 5 nitrogen and oxygen atoms in total. The Morgan fingerprint density at radius 3 is 2.73 bits per heavy atom. The third-order valence-electron chi connectivity index (χ3n) is 3.70. The van der Waals surface area contributed by atoms with Crippen molar-refractivity contribution >= 4 is 23.5 Å². The molecule has 1 aromatic carbocycles. The Labute approximate surface area is 132 Å². The van der Waals surface area contributed by atoms with E-state index in [0.29, 0.717) is 10.8 Å². The van der Waals surface area contributed by atoms with Gasteiger partial charge in [0, 0.05) is 18.0 Å². The number of carbonyl (C=O) groups is 2. The quantitative estimate of drug-likeness (QED) is 0.921. The van der Waals surface area contributed by atoms with Crippen LogP contribution in [0.5, 0.6) is 5.75 Å². The number of nitrogens with zero attached hydrogens (tertiary/aromatic N) is 1. The minimum atomic E-state index is -2.37. The Kier molecular flexibility index (Phi) is 4.60. The molecule has 1 fully saturated rings. The highest BCUT2D eigenvalue weighted by molar-refractivity contribution is 6.31. The second-order valence-electron chi connectivity index (χ2n) is 5.45. The van der Waals surface area contributed by atoms with Gasteiger partial charge in [-0.2, -0.15) is 0 Å². The average Bonchev–Trinajstić information content (AvgIpc) is 2.86. The van der Waals surface area contributed by atoms with Crippen molar-refractivity contribution in [1.82, 2.24) is 4.90 Å². The summed E-state index contributed by atoms with van der Waals surface area (Å²) < 4.78 is 19.5. The Bertz CT molecular complexity index is 609. The molecular weight excluding hydrogens is 313 g/mol. The number of halogens is 2. The standard InChI is InChI=1S/C15H17ClFNO4/c1-9-7-11(3-4-12(9)16)22-10(2)13(19)18-6-5-15(17,8-18)14(20)21/h3-4,7,10H,5-6,8H2,1-2H3,(H,20,21). The summed E-state index contributed by atoms with van der Waals surface area (Å²) in [6, 6.07) is 5.00. The first kappa shape index (κ1) is 16.5. The third kappa shape index (κ3) is 3.32. The van der Waals surface area contributed by atoms with Gasteiger partial charge in [0.05, 0.1) is 6.54 Å². The zero-order valence-corrected chi connectivity index (χ0v) is 13.1. The van der Waals surface area contributed by atoms with Crippen LogP contribution in [0.1, 0.15) is 18.9 Å². The number of carboxylic acids is 1. The van der Waals surface area contributed by atoms with E-state index in [4.69, 9.17) is 21.4 Å². The van der Waals surface area contributed by atoms with Gasteiger partial charge in [0.1, 0.15) is 5.75 Å². The van der Waals surface area contributed by atoms with Gasteiger partial charge in [-0.25, -0.2) is 9.18 Å². The number of alkyl halides is 1. The molecule has 0 saturated carbocycles. The number of aliphatic carboxylic acids is 1. The molecule has 0 aromatic heterocycles. The van der Waals surface area contributed by atoms with Gasteiger partial charge in [-0.15, -0.1) is 0 Å². The van der Waals surface area contributed by atoms with E-state index in [2.05, 4.69) is 0 Å². The SMILES string of the molecule is Cc1cc(OC(C)C(=O)N2CCC(F)(C(=O)O)C2)ccc1Cl. The van der Waals surface area contributed by atoms with E-state index >= 15 is 0 Å². The zero-order valence-electron chi connectivity index (χ0n) is 12.3. The third-order valence-corrected chi connectivity index (χ3v) is 4.13. The van der Waals surface area contributed by atoms with E-state index in [0.717, 1.165) is 5.56 Å². The fourth-order valence-corrected chi connectivity index (χ4v) is 2.46. The van der Waals surface area contributed by atoms with Crippen LogP contribution in [-0.4, -0.2) is 46.7 Å². The first-order valence-corrected chi connectivity index (χ1v) is 7.24. The molecule has 1 N–H and O–H groups in total. The number of ether oxygens (including phenoxy) is 1. The van der Waals surface area contributed by atoms with Crippen molar-refractivity contribution in [1.29, 1.82) is 0 Å².